The Morgan fingerprint density at radius 3 is 2.95 bits per heavy atom. The fourth-order valence-electron chi connectivity index (χ4n) is 2.59. The Morgan fingerprint density at radius 2 is 2.21 bits per heavy atom. The highest BCUT2D eigenvalue weighted by atomic mass is 16.3. The first-order chi connectivity index (χ1) is 9.19. The second kappa shape index (κ2) is 6.92. The molecule has 0 bridgehead atoms. The minimum atomic E-state index is 0.841. The van der Waals surface area contributed by atoms with E-state index in [1.807, 2.05) is 0 Å². The Hall–Kier alpha value is -1.06. The first-order valence-corrected chi connectivity index (χ1v) is 7.36. The molecule has 0 aromatic carbocycles. The number of nitrogens with one attached hydrogen (secondary N) is 1. The minimum absolute atomic E-state index is 0.841. The number of aryl methyl sites for hydroxylation is 1. The number of rotatable bonds is 6. The molecule has 0 unspecified atom stereocenters. The van der Waals surface area contributed by atoms with Gasteiger partial charge in [0.2, 0.25) is 0 Å². The fourth-order valence-corrected chi connectivity index (χ4v) is 2.59. The van der Waals surface area contributed by atoms with Crippen LogP contribution in [0.4, 0.5) is 0 Å². The quantitative estimate of drug-likeness (QED) is 0.630. The second-order valence-corrected chi connectivity index (χ2v) is 5.52. The van der Waals surface area contributed by atoms with Crippen LogP contribution < -0.4 is 5.32 Å². The lowest BCUT2D eigenvalue weighted by Gasteiger charge is -2.25. The largest absolute Gasteiger partial charge is 0.465 e. The van der Waals surface area contributed by atoms with Gasteiger partial charge in [-0.05, 0) is 39.3 Å². The van der Waals surface area contributed by atoms with Crippen molar-refractivity contribution < 1.29 is 4.42 Å². The van der Waals surface area contributed by atoms with E-state index >= 15 is 0 Å². The SMILES string of the molecule is CCCNCc1cc(CN2CCC=C(C)C2)c(C)o1. The van der Waals surface area contributed by atoms with Crippen LogP contribution in [0.15, 0.2) is 22.1 Å². The van der Waals surface area contributed by atoms with E-state index in [1.54, 1.807) is 0 Å². The zero-order valence-corrected chi connectivity index (χ0v) is 12.5. The van der Waals surface area contributed by atoms with E-state index in [-0.39, 0.29) is 0 Å². The van der Waals surface area contributed by atoms with E-state index in [9.17, 15) is 0 Å². The summed E-state index contributed by atoms with van der Waals surface area (Å²) >= 11 is 0. The van der Waals surface area contributed by atoms with Gasteiger partial charge in [-0.15, -0.1) is 0 Å². The molecule has 0 amide bonds. The molecule has 106 valence electrons. The van der Waals surface area contributed by atoms with Gasteiger partial charge < -0.3 is 9.73 Å². The molecular formula is C16H26N2O. The molecule has 0 atom stereocenters. The van der Waals surface area contributed by atoms with Crippen LogP contribution >= 0.6 is 0 Å². The molecule has 2 rings (SSSR count). The predicted molar refractivity (Wildman–Crippen MR) is 79.1 cm³/mol. The molecule has 0 aliphatic carbocycles. The summed E-state index contributed by atoms with van der Waals surface area (Å²) in [6.07, 6.45) is 4.68. The van der Waals surface area contributed by atoms with E-state index in [0.29, 0.717) is 0 Å². The van der Waals surface area contributed by atoms with E-state index in [1.165, 1.54) is 17.6 Å². The molecule has 2 heterocycles. The van der Waals surface area contributed by atoms with Gasteiger partial charge in [0.05, 0.1) is 6.54 Å². The lowest BCUT2D eigenvalue weighted by molar-refractivity contribution is 0.280. The van der Waals surface area contributed by atoms with Gasteiger partial charge in [0.25, 0.3) is 0 Å². The van der Waals surface area contributed by atoms with Crippen LogP contribution in [0.25, 0.3) is 0 Å². The summed E-state index contributed by atoms with van der Waals surface area (Å²) in [5.74, 6) is 2.13. The molecule has 0 spiro atoms. The van der Waals surface area contributed by atoms with Crippen molar-refractivity contribution in [1.82, 2.24) is 10.2 Å². The lowest BCUT2D eigenvalue weighted by Crippen LogP contribution is -2.28. The van der Waals surface area contributed by atoms with Crippen LogP contribution in [0.3, 0.4) is 0 Å². The molecule has 1 aromatic heterocycles. The van der Waals surface area contributed by atoms with Gasteiger partial charge in [-0.3, -0.25) is 4.90 Å². The van der Waals surface area contributed by atoms with Crippen LogP contribution in [0.5, 0.6) is 0 Å². The molecule has 0 radical (unpaired) electrons. The maximum atomic E-state index is 5.83. The smallest absolute Gasteiger partial charge is 0.118 e. The normalized spacial score (nSPS) is 16.7. The Kier molecular flexibility index (Phi) is 5.23. The molecule has 3 heteroatoms. The number of nitrogens with zero attached hydrogens (tertiary/aromatic N) is 1. The first kappa shape index (κ1) is 14.4. The molecule has 1 N–H and O–H groups in total. The Morgan fingerprint density at radius 1 is 1.37 bits per heavy atom. The first-order valence-electron chi connectivity index (χ1n) is 7.36. The third-order valence-corrected chi connectivity index (χ3v) is 3.60. The summed E-state index contributed by atoms with van der Waals surface area (Å²) in [5.41, 5.74) is 2.82. The zero-order chi connectivity index (χ0) is 13.7. The standard InChI is InChI=1S/C16H26N2O/c1-4-7-17-10-16-9-15(14(3)19-16)12-18-8-5-6-13(2)11-18/h6,9,17H,4-5,7-8,10-12H2,1-3H3. The highest BCUT2D eigenvalue weighted by molar-refractivity contribution is 5.21. The molecule has 1 aliphatic rings. The molecule has 1 aliphatic heterocycles. The van der Waals surface area contributed by atoms with E-state index in [2.05, 4.69) is 43.1 Å². The summed E-state index contributed by atoms with van der Waals surface area (Å²) in [5, 5.41) is 3.39. The number of furan rings is 1. The van der Waals surface area contributed by atoms with Crippen molar-refractivity contribution in [3.05, 3.63) is 34.8 Å². The van der Waals surface area contributed by atoms with Crippen LogP contribution in [0.1, 0.15) is 43.8 Å². The van der Waals surface area contributed by atoms with Crippen LogP contribution in [0, 0.1) is 6.92 Å². The van der Waals surface area contributed by atoms with Crippen molar-refractivity contribution in [2.75, 3.05) is 19.6 Å². The minimum Gasteiger partial charge on any atom is -0.465 e. The molecule has 0 saturated heterocycles. The maximum absolute atomic E-state index is 5.83. The molecule has 1 aromatic rings. The van der Waals surface area contributed by atoms with Crippen molar-refractivity contribution in [2.24, 2.45) is 0 Å². The van der Waals surface area contributed by atoms with Crippen LogP contribution in [-0.4, -0.2) is 24.5 Å². The Balaban J connectivity index is 1.91. The third-order valence-electron chi connectivity index (χ3n) is 3.60. The van der Waals surface area contributed by atoms with Gasteiger partial charge in [-0.2, -0.15) is 0 Å². The average Bonchev–Trinajstić information content (AvgIpc) is 2.70. The topological polar surface area (TPSA) is 28.4 Å². The summed E-state index contributed by atoms with van der Waals surface area (Å²) in [6, 6.07) is 2.21. The molecular weight excluding hydrogens is 236 g/mol. The van der Waals surface area contributed by atoms with Crippen LogP contribution in [0.2, 0.25) is 0 Å². The van der Waals surface area contributed by atoms with E-state index in [0.717, 1.165) is 50.7 Å². The van der Waals surface area contributed by atoms with E-state index < -0.39 is 0 Å². The molecule has 3 nitrogen and oxygen atoms in total. The third kappa shape index (κ3) is 4.22. The number of hydrogen-bond donors (Lipinski definition) is 1. The predicted octanol–water partition coefficient (Wildman–Crippen LogP) is 3.24. The summed E-state index contributed by atoms with van der Waals surface area (Å²) in [7, 11) is 0. The molecule has 0 saturated carbocycles. The molecule has 19 heavy (non-hydrogen) atoms. The van der Waals surface area contributed by atoms with E-state index in [4.69, 9.17) is 4.42 Å². The summed E-state index contributed by atoms with van der Waals surface area (Å²) in [6.45, 7) is 11.6. The van der Waals surface area contributed by atoms with Crippen molar-refractivity contribution in [3.63, 3.8) is 0 Å². The van der Waals surface area contributed by atoms with Crippen molar-refractivity contribution in [1.29, 1.82) is 0 Å². The monoisotopic (exact) mass is 262 g/mol. The van der Waals surface area contributed by atoms with Gasteiger partial charge in [-0.1, -0.05) is 18.6 Å². The zero-order valence-electron chi connectivity index (χ0n) is 12.5. The molecule has 0 fully saturated rings. The van der Waals surface area contributed by atoms with Crippen LogP contribution in [-0.2, 0) is 13.1 Å². The highest BCUT2D eigenvalue weighted by Gasteiger charge is 2.14. The fraction of sp³-hybridized carbons (Fsp3) is 0.625. The Labute approximate surface area is 116 Å². The summed E-state index contributed by atoms with van der Waals surface area (Å²) < 4.78 is 5.83. The van der Waals surface area contributed by atoms with Crippen molar-refractivity contribution in [2.45, 2.75) is 46.7 Å². The van der Waals surface area contributed by atoms with Gasteiger partial charge in [0.15, 0.2) is 0 Å². The average molecular weight is 262 g/mol. The van der Waals surface area contributed by atoms with Gasteiger partial charge >= 0.3 is 0 Å². The Bertz CT molecular complexity index is 434. The maximum Gasteiger partial charge on any atom is 0.118 e. The lowest BCUT2D eigenvalue weighted by atomic mass is 10.1. The highest BCUT2D eigenvalue weighted by Crippen LogP contribution is 2.19. The second-order valence-electron chi connectivity index (χ2n) is 5.52. The van der Waals surface area contributed by atoms with Gasteiger partial charge in [-0.25, -0.2) is 0 Å². The van der Waals surface area contributed by atoms with Gasteiger partial charge in [0.1, 0.15) is 11.5 Å². The van der Waals surface area contributed by atoms with Crippen molar-refractivity contribution in [3.8, 4) is 0 Å². The van der Waals surface area contributed by atoms with Crippen molar-refractivity contribution >= 4 is 0 Å². The number of hydrogen-bond acceptors (Lipinski definition) is 3. The summed E-state index contributed by atoms with van der Waals surface area (Å²) in [4.78, 5) is 2.50. The van der Waals surface area contributed by atoms with Gasteiger partial charge in [0, 0.05) is 25.2 Å².